The number of halogens is 2. The van der Waals surface area contributed by atoms with Gasteiger partial charge in [0.15, 0.2) is 0 Å². The van der Waals surface area contributed by atoms with Crippen LogP contribution in [0.25, 0.3) is 0 Å². The number of anilines is 1. The van der Waals surface area contributed by atoms with E-state index < -0.39 is 11.7 Å². The van der Waals surface area contributed by atoms with Crippen LogP contribution in [0.15, 0.2) is 23.3 Å². The molecule has 1 aromatic carbocycles. The zero-order valence-corrected chi connectivity index (χ0v) is 20.1. The molecule has 166 valence electrons. The summed E-state index contributed by atoms with van der Waals surface area (Å²) in [5.41, 5.74) is 0.274. The van der Waals surface area contributed by atoms with Crippen LogP contribution < -0.4 is 15.6 Å². The summed E-state index contributed by atoms with van der Waals surface area (Å²) >= 11 is 13.5. The molecule has 10 heteroatoms. The fourth-order valence-corrected chi connectivity index (χ4v) is 3.75. The second-order valence-electron chi connectivity index (χ2n) is 8.02. The summed E-state index contributed by atoms with van der Waals surface area (Å²) in [4.78, 5) is 24.1. The van der Waals surface area contributed by atoms with Gasteiger partial charge in [-0.25, -0.2) is 4.79 Å². The van der Waals surface area contributed by atoms with Gasteiger partial charge in [-0.3, -0.25) is 9.80 Å². The SMILES string of the molecule is CC1CN(c2ccc(Cl)c(Cl)c2)N=C1NC(=O)CCS[C@H](C)NC(=O)OC(C)(C)C. The molecule has 1 aliphatic rings. The molecule has 0 fully saturated rings. The van der Waals surface area contributed by atoms with Crippen molar-refractivity contribution in [3.8, 4) is 0 Å². The minimum atomic E-state index is -0.543. The summed E-state index contributed by atoms with van der Waals surface area (Å²) in [5, 5.41) is 12.7. The average Bonchev–Trinajstić information content (AvgIpc) is 2.96. The largest absolute Gasteiger partial charge is 0.444 e. The Kier molecular flexibility index (Phi) is 8.70. The van der Waals surface area contributed by atoms with Crippen LogP contribution in [0.4, 0.5) is 10.5 Å². The highest BCUT2D eigenvalue weighted by molar-refractivity contribution is 7.99. The second-order valence-corrected chi connectivity index (χ2v) is 10.3. The maximum atomic E-state index is 12.3. The maximum absolute atomic E-state index is 12.3. The molecule has 0 aliphatic carbocycles. The fraction of sp³-hybridized carbons (Fsp3) is 0.550. The molecule has 0 radical (unpaired) electrons. The van der Waals surface area contributed by atoms with Crippen LogP contribution in [0.5, 0.6) is 0 Å². The molecule has 1 unspecified atom stereocenters. The lowest BCUT2D eigenvalue weighted by atomic mass is 10.1. The summed E-state index contributed by atoms with van der Waals surface area (Å²) < 4.78 is 5.22. The first-order valence-corrected chi connectivity index (χ1v) is 11.5. The Labute approximate surface area is 191 Å². The second kappa shape index (κ2) is 10.6. The highest BCUT2D eigenvalue weighted by Crippen LogP contribution is 2.29. The molecule has 2 amide bonds. The van der Waals surface area contributed by atoms with Crippen LogP contribution in [0.3, 0.4) is 0 Å². The van der Waals surface area contributed by atoms with Crippen LogP contribution >= 0.6 is 35.0 Å². The molecule has 1 heterocycles. The van der Waals surface area contributed by atoms with E-state index in [1.165, 1.54) is 11.8 Å². The number of nitrogens with one attached hydrogen (secondary N) is 2. The summed E-state index contributed by atoms with van der Waals surface area (Å²) in [6, 6.07) is 5.31. The van der Waals surface area contributed by atoms with E-state index in [1.807, 2.05) is 40.7 Å². The van der Waals surface area contributed by atoms with Crippen LogP contribution in [0.2, 0.25) is 10.0 Å². The summed E-state index contributed by atoms with van der Waals surface area (Å²) in [6.07, 6.45) is -0.160. The molecule has 0 bridgehead atoms. The number of rotatable bonds is 6. The minimum Gasteiger partial charge on any atom is -0.444 e. The first-order chi connectivity index (χ1) is 13.9. The van der Waals surface area contributed by atoms with Crippen LogP contribution in [0.1, 0.15) is 41.0 Å². The summed E-state index contributed by atoms with van der Waals surface area (Å²) in [6.45, 7) is 9.92. The third-order valence-electron chi connectivity index (χ3n) is 4.03. The van der Waals surface area contributed by atoms with E-state index in [9.17, 15) is 9.59 Å². The van der Waals surface area contributed by atoms with E-state index in [0.717, 1.165) is 5.69 Å². The molecule has 0 aromatic heterocycles. The van der Waals surface area contributed by atoms with E-state index in [0.29, 0.717) is 34.6 Å². The molecule has 1 aliphatic heterocycles. The van der Waals surface area contributed by atoms with Crippen molar-refractivity contribution in [2.45, 2.75) is 52.0 Å². The van der Waals surface area contributed by atoms with Gasteiger partial charge in [0.05, 0.1) is 27.7 Å². The van der Waals surface area contributed by atoms with Crippen molar-refractivity contribution < 1.29 is 14.3 Å². The maximum Gasteiger partial charge on any atom is 0.408 e. The van der Waals surface area contributed by atoms with Gasteiger partial charge >= 0.3 is 6.09 Å². The summed E-state index contributed by atoms with van der Waals surface area (Å²) in [7, 11) is 0. The Morgan fingerprint density at radius 3 is 2.67 bits per heavy atom. The van der Waals surface area contributed by atoms with E-state index in [1.54, 1.807) is 17.1 Å². The molecule has 1 aromatic rings. The van der Waals surface area contributed by atoms with Gasteiger partial charge in [-0.1, -0.05) is 30.1 Å². The third-order valence-corrected chi connectivity index (χ3v) is 5.82. The van der Waals surface area contributed by atoms with Gasteiger partial charge in [-0.2, -0.15) is 5.10 Å². The third kappa shape index (κ3) is 7.89. The van der Waals surface area contributed by atoms with Crippen molar-refractivity contribution >= 4 is 58.5 Å². The Morgan fingerprint density at radius 2 is 2.03 bits per heavy atom. The van der Waals surface area contributed by atoms with Crippen LogP contribution in [-0.4, -0.2) is 41.1 Å². The Hall–Kier alpha value is -1.64. The number of hydrazone groups is 1. The molecule has 7 nitrogen and oxygen atoms in total. The van der Waals surface area contributed by atoms with Crippen LogP contribution in [-0.2, 0) is 9.53 Å². The lowest BCUT2D eigenvalue weighted by Crippen LogP contribution is -2.37. The quantitative estimate of drug-likeness (QED) is 0.574. The molecule has 2 atom stereocenters. The van der Waals surface area contributed by atoms with Gasteiger partial charge in [0, 0.05) is 18.1 Å². The number of hydrogen-bond donors (Lipinski definition) is 2. The monoisotopic (exact) mass is 474 g/mol. The zero-order valence-electron chi connectivity index (χ0n) is 17.8. The highest BCUT2D eigenvalue weighted by atomic mass is 35.5. The van der Waals surface area contributed by atoms with E-state index in [4.69, 9.17) is 27.9 Å². The molecule has 2 rings (SSSR count). The van der Waals surface area contributed by atoms with Crippen molar-refractivity contribution in [3.05, 3.63) is 28.2 Å². The topological polar surface area (TPSA) is 83.0 Å². The van der Waals surface area contributed by atoms with Gasteiger partial charge in [0.1, 0.15) is 11.4 Å². The van der Waals surface area contributed by atoms with E-state index in [-0.39, 0.29) is 17.2 Å². The zero-order chi connectivity index (χ0) is 22.5. The molecule has 30 heavy (non-hydrogen) atoms. The van der Waals surface area contributed by atoms with Gasteiger partial charge in [-0.15, -0.1) is 11.8 Å². The number of nitrogens with zero attached hydrogens (tertiary/aromatic N) is 2. The van der Waals surface area contributed by atoms with Crippen molar-refractivity contribution in [2.24, 2.45) is 11.0 Å². The molecular weight excluding hydrogens is 447 g/mol. The van der Waals surface area contributed by atoms with Gasteiger partial charge < -0.3 is 15.4 Å². The predicted octanol–water partition coefficient (Wildman–Crippen LogP) is 4.87. The first-order valence-electron chi connectivity index (χ1n) is 9.66. The van der Waals surface area contributed by atoms with Crippen molar-refractivity contribution in [3.63, 3.8) is 0 Å². The van der Waals surface area contributed by atoms with Gasteiger partial charge in [-0.05, 0) is 45.9 Å². The summed E-state index contributed by atoms with van der Waals surface area (Å²) in [5.74, 6) is 1.13. The smallest absolute Gasteiger partial charge is 0.408 e. The van der Waals surface area contributed by atoms with Crippen molar-refractivity contribution in [1.82, 2.24) is 10.6 Å². The molecule has 0 spiro atoms. The van der Waals surface area contributed by atoms with Crippen molar-refractivity contribution in [2.75, 3.05) is 17.3 Å². The number of ether oxygens (including phenoxy) is 1. The standard InChI is InChI=1S/C20H28Cl2N4O3S/c1-12-11-26(14-6-7-15(21)16(22)10-14)25-18(12)24-17(27)8-9-30-13(2)23-19(28)29-20(3,4)5/h6-7,10,12-13H,8-9,11H2,1-5H3,(H,23,28)(H,24,25,27)/t12?,13-/m1/s1. The number of amides is 2. The number of thioether (sulfide) groups is 1. The number of benzene rings is 1. The Bertz CT molecular complexity index is 814. The minimum absolute atomic E-state index is 0.0730. The predicted molar refractivity (Wildman–Crippen MR) is 124 cm³/mol. The van der Waals surface area contributed by atoms with Crippen LogP contribution in [0, 0.1) is 5.92 Å². The lowest BCUT2D eigenvalue weighted by Gasteiger charge is -2.21. The van der Waals surface area contributed by atoms with E-state index in [2.05, 4.69) is 15.7 Å². The number of carbonyl (C=O) groups is 2. The molecule has 0 saturated carbocycles. The number of alkyl carbamates (subject to hydrolysis) is 1. The number of carbonyl (C=O) groups excluding carboxylic acids is 2. The Balaban J connectivity index is 1.78. The fourth-order valence-electron chi connectivity index (χ4n) is 2.62. The molecular formula is C20H28Cl2N4O3S. The number of hydrogen-bond acceptors (Lipinski definition) is 6. The molecule has 0 saturated heterocycles. The van der Waals surface area contributed by atoms with Gasteiger partial charge in [0.2, 0.25) is 5.91 Å². The number of amidine groups is 1. The highest BCUT2D eigenvalue weighted by Gasteiger charge is 2.25. The first kappa shape index (κ1) is 24.6. The van der Waals surface area contributed by atoms with Crippen molar-refractivity contribution in [1.29, 1.82) is 0 Å². The lowest BCUT2D eigenvalue weighted by molar-refractivity contribution is -0.119. The van der Waals surface area contributed by atoms with E-state index >= 15 is 0 Å². The Morgan fingerprint density at radius 1 is 1.33 bits per heavy atom. The molecule has 2 N–H and O–H groups in total. The average molecular weight is 475 g/mol. The normalized spacial score (nSPS) is 17.4. The van der Waals surface area contributed by atoms with Gasteiger partial charge in [0.25, 0.3) is 0 Å².